The Labute approximate surface area is 126 Å². The lowest BCUT2D eigenvalue weighted by atomic mass is 10.2. The maximum Gasteiger partial charge on any atom is 0.240 e. The van der Waals surface area contributed by atoms with E-state index in [9.17, 15) is 8.42 Å². The van der Waals surface area contributed by atoms with Crippen LogP contribution < -0.4 is 15.2 Å². The maximum atomic E-state index is 12.3. The van der Waals surface area contributed by atoms with Crippen molar-refractivity contribution in [2.24, 2.45) is 11.7 Å². The molecule has 1 saturated carbocycles. The summed E-state index contributed by atoms with van der Waals surface area (Å²) in [6.07, 6.45) is 2.64. The van der Waals surface area contributed by atoms with E-state index >= 15 is 0 Å². The van der Waals surface area contributed by atoms with Gasteiger partial charge in [0, 0.05) is 12.1 Å². The first-order valence-corrected chi connectivity index (χ1v) is 8.87. The first kappa shape index (κ1) is 16.3. The van der Waals surface area contributed by atoms with E-state index in [1.165, 1.54) is 0 Å². The second kappa shape index (κ2) is 6.77. The van der Waals surface area contributed by atoms with Gasteiger partial charge in [-0.1, -0.05) is 20.3 Å². The Morgan fingerprint density at radius 1 is 1.29 bits per heavy atom. The Hall–Kier alpha value is -1.11. The fraction of sp³-hybridized carbons (Fsp3) is 0.600. The fourth-order valence-electron chi connectivity index (χ4n) is 2.38. The van der Waals surface area contributed by atoms with Crippen molar-refractivity contribution in [1.82, 2.24) is 4.72 Å². The van der Waals surface area contributed by atoms with Crippen LogP contribution in [0.2, 0.25) is 0 Å². The van der Waals surface area contributed by atoms with Gasteiger partial charge in [0.1, 0.15) is 5.75 Å². The molecule has 0 aromatic heterocycles. The summed E-state index contributed by atoms with van der Waals surface area (Å²) in [4.78, 5) is 0.249. The summed E-state index contributed by atoms with van der Waals surface area (Å²) in [6.45, 7) is 4.74. The van der Waals surface area contributed by atoms with Gasteiger partial charge in [-0.15, -0.1) is 0 Å². The molecule has 3 N–H and O–H groups in total. The molecule has 1 fully saturated rings. The van der Waals surface area contributed by atoms with Gasteiger partial charge in [0.25, 0.3) is 0 Å². The molecular formula is C15H24N2O3S. The van der Waals surface area contributed by atoms with Gasteiger partial charge in [0.15, 0.2) is 0 Å². The molecule has 0 radical (unpaired) electrons. The smallest absolute Gasteiger partial charge is 0.240 e. The SMILES string of the molecule is CC(C)COc1ccc(S(=O)(=O)NC2CCCC2N)cc1. The molecule has 6 heteroatoms. The van der Waals surface area contributed by atoms with Crippen molar-refractivity contribution in [3.05, 3.63) is 24.3 Å². The van der Waals surface area contributed by atoms with Crippen molar-refractivity contribution in [3.63, 3.8) is 0 Å². The highest BCUT2D eigenvalue weighted by Gasteiger charge is 2.28. The van der Waals surface area contributed by atoms with Crippen LogP contribution in [-0.4, -0.2) is 27.1 Å². The van der Waals surface area contributed by atoms with Gasteiger partial charge < -0.3 is 10.5 Å². The highest BCUT2D eigenvalue weighted by Crippen LogP contribution is 2.21. The summed E-state index contributed by atoms with van der Waals surface area (Å²) in [5, 5.41) is 0. The maximum absolute atomic E-state index is 12.3. The van der Waals surface area contributed by atoms with Crippen molar-refractivity contribution < 1.29 is 13.2 Å². The summed E-state index contributed by atoms with van der Waals surface area (Å²) in [7, 11) is -3.51. The van der Waals surface area contributed by atoms with Gasteiger partial charge in [-0.3, -0.25) is 0 Å². The summed E-state index contributed by atoms with van der Waals surface area (Å²) < 4.78 is 32.9. The number of nitrogens with one attached hydrogen (secondary N) is 1. The van der Waals surface area contributed by atoms with E-state index in [1.807, 2.05) is 0 Å². The number of sulfonamides is 1. The molecule has 0 spiro atoms. The molecule has 0 bridgehead atoms. The highest BCUT2D eigenvalue weighted by molar-refractivity contribution is 7.89. The predicted octanol–water partition coefficient (Wildman–Crippen LogP) is 1.88. The largest absolute Gasteiger partial charge is 0.493 e. The number of benzene rings is 1. The molecule has 2 unspecified atom stereocenters. The van der Waals surface area contributed by atoms with Gasteiger partial charge in [-0.05, 0) is 43.0 Å². The third-order valence-corrected chi connectivity index (χ3v) is 5.10. The molecular weight excluding hydrogens is 288 g/mol. The average Bonchev–Trinajstić information content (AvgIpc) is 2.82. The van der Waals surface area contributed by atoms with E-state index in [4.69, 9.17) is 10.5 Å². The van der Waals surface area contributed by atoms with Gasteiger partial charge in [0.2, 0.25) is 10.0 Å². The topological polar surface area (TPSA) is 81.4 Å². The highest BCUT2D eigenvalue weighted by atomic mass is 32.2. The standard InChI is InChI=1S/C15H24N2O3S/c1-11(2)10-20-12-6-8-13(9-7-12)21(18,19)17-15-5-3-4-14(15)16/h6-9,11,14-15,17H,3-5,10,16H2,1-2H3. The number of rotatable bonds is 6. The first-order chi connectivity index (χ1) is 9.88. The van der Waals surface area contributed by atoms with Crippen LogP contribution in [0.15, 0.2) is 29.2 Å². The minimum atomic E-state index is -3.51. The zero-order valence-electron chi connectivity index (χ0n) is 12.6. The molecule has 0 aliphatic heterocycles. The zero-order chi connectivity index (χ0) is 15.5. The van der Waals surface area contributed by atoms with Crippen LogP contribution in [0.3, 0.4) is 0 Å². The Balaban J connectivity index is 2.03. The summed E-state index contributed by atoms with van der Waals surface area (Å²) in [5.41, 5.74) is 5.91. The molecule has 118 valence electrons. The Bertz CT molecular complexity index is 555. The van der Waals surface area contributed by atoms with Gasteiger partial charge >= 0.3 is 0 Å². The Morgan fingerprint density at radius 3 is 2.48 bits per heavy atom. The van der Waals surface area contributed by atoms with Crippen LogP contribution in [0.4, 0.5) is 0 Å². The van der Waals surface area contributed by atoms with Gasteiger partial charge in [0.05, 0.1) is 11.5 Å². The molecule has 1 aliphatic carbocycles. The van der Waals surface area contributed by atoms with Crippen LogP contribution in [0.1, 0.15) is 33.1 Å². The summed E-state index contributed by atoms with van der Waals surface area (Å²) in [6, 6.07) is 6.26. The Kier molecular flexibility index (Phi) is 5.24. The fourth-order valence-corrected chi connectivity index (χ4v) is 3.70. The third-order valence-electron chi connectivity index (χ3n) is 3.59. The van der Waals surface area contributed by atoms with Crippen molar-refractivity contribution in [1.29, 1.82) is 0 Å². The number of ether oxygens (including phenoxy) is 1. The predicted molar refractivity (Wildman–Crippen MR) is 82.7 cm³/mol. The zero-order valence-corrected chi connectivity index (χ0v) is 13.4. The second-order valence-corrected chi connectivity index (χ2v) is 7.71. The number of hydrogen-bond acceptors (Lipinski definition) is 4. The van der Waals surface area contributed by atoms with Gasteiger partial charge in [-0.25, -0.2) is 13.1 Å². The van der Waals surface area contributed by atoms with Crippen LogP contribution in [0.5, 0.6) is 5.75 Å². The lowest BCUT2D eigenvalue weighted by Crippen LogP contribution is -2.43. The van der Waals surface area contributed by atoms with E-state index in [2.05, 4.69) is 18.6 Å². The molecule has 21 heavy (non-hydrogen) atoms. The quantitative estimate of drug-likeness (QED) is 0.840. The van der Waals surface area contributed by atoms with E-state index in [0.29, 0.717) is 18.3 Å². The minimum absolute atomic E-state index is 0.0894. The molecule has 0 amide bonds. The van der Waals surface area contributed by atoms with E-state index in [-0.39, 0.29) is 17.0 Å². The number of nitrogens with two attached hydrogens (primary N) is 1. The van der Waals surface area contributed by atoms with E-state index in [1.54, 1.807) is 24.3 Å². The summed E-state index contributed by atoms with van der Waals surface area (Å²) >= 11 is 0. The molecule has 2 rings (SSSR count). The minimum Gasteiger partial charge on any atom is -0.493 e. The molecule has 1 aromatic rings. The Morgan fingerprint density at radius 2 is 1.95 bits per heavy atom. The normalized spacial score (nSPS) is 22.7. The molecule has 0 heterocycles. The monoisotopic (exact) mass is 312 g/mol. The van der Waals surface area contributed by atoms with Crippen molar-refractivity contribution in [3.8, 4) is 5.75 Å². The molecule has 1 aliphatic rings. The third kappa shape index (κ3) is 4.43. The van der Waals surface area contributed by atoms with Crippen molar-refractivity contribution in [2.45, 2.75) is 50.1 Å². The molecule has 5 nitrogen and oxygen atoms in total. The van der Waals surface area contributed by atoms with Crippen molar-refractivity contribution in [2.75, 3.05) is 6.61 Å². The lowest BCUT2D eigenvalue weighted by Gasteiger charge is -2.17. The van der Waals surface area contributed by atoms with Crippen LogP contribution in [0, 0.1) is 5.92 Å². The van der Waals surface area contributed by atoms with Crippen molar-refractivity contribution >= 4 is 10.0 Å². The van der Waals surface area contributed by atoms with Gasteiger partial charge in [-0.2, -0.15) is 0 Å². The molecule has 0 saturated heterocycles. The molecule has 1 aromatic carbocycles. The van der Waals surface area contributed by atoms with Crippen LogP contribution in [-0.2, 0) is 10.0 Å². The molecule has 2 atom stereocenters. The lowest BCUT2D eigenvalue weighted by molar-refractivity contribution is 0.271. The van der Waals surface area contributed by atoms with Crippen LogP contribution in [0.25, 0.3) is 0 Å². The van der Waals surface area contributed by atoms with E-state index in [0.717, 1.165) is 19.3 Å². The second-order valence-electron chi connectivity index (χ2n) is 6.00. The average molecular weight is 312 g/mol. The number of hydrogen-bond donors (Lipinski definition) is 2. The van der Waals surface area contributed by atoms with E-state index < -0.39 is 10.0 Å². The summed E-state index contributed by atoms with van der Waals surface area (Å²) in [5.74, 6) is 1.11. The first-order valence-electron chi connectivity index (χ1n) is 7.39. The van der Waals surface area contributed by atoms with Crippen LogP contribution >= 0.6 is 0 Å².